The molecule has 10 heavy (non-hydrogen) atoms. The van der Waals surface area contributed by atoms with E-state index in [2.05, 4.69) is 0 Å². The van der Waals surface area contributed by atoms with Gasteiger partial charge in [-0.05, 0) is 12.8 Å². The topological polar surface area (TPSA) is 29.5 Å². The molecule has 1 aliphatic heterocycles. The molecule has 0 aromatic carbocycles. The first-order valence-corrected chi connectivity index (χ1v) is 3.95. The average Bonchev–Trinajstić information content (AvgIpc) is 1.96. The van der Waals surface area contributed by atoms with Crippen LogP contribution in [0.25, 0.3) is 0 Å². The molecule has 59 valence electrons. The molecule has 2 nitrogen and oxygen atoms in total. The molecule has 1 rings (SSSR count). The van der Waals surface area contributed by atoms with Crippen LogP contribution in [0.1, 0.15) is 19.8 Å². The minimum absolute atomic E-state index is 0.189. The van der Waals surface area contributed by atoms with Crippen molar-refractivity contribution in [1.82, 2.24) is 0 Å². The third-order valence-corrected chi connectivity index (χ3v) is 2.48. The van der Waals surface area contributed by atoms with Crippen LogP contribution >= 0.6 is 11.6 Å². The van der Waals surface area contributed by atoms with Crippen molar-refractivity contribution in [2.75, 3.05) is 6.61 Å². The van der Waals surface area contributed by atoms with Crippen LogP contribution in [0.4, 0.5) is 0 Å². The zero-order chi connectivity index (χ0) is 7.61. The predicted molar refractivity (Wildman–Crippen MR) is 39.8 cm³/mol. The molecular weight excluding hydrogens is 152 g/mol. The summed E-state index contributed by atoms with van der Waals surface area (Å²) in [6.45, 7) is 3.96. The Bertz CT molecular complexity index is 118. The number of hydrogen-bond acceptors (Lipinski definition) is 2. The Morgan fingerprint density at radius 2 is 2.60 bits per heavy atom. The third-order valence-electron chi connectivity index (χ3n) is 1.89. The van der Waals surface area contributed by atoms with E-state index < -0.39 is 5.60 Å². The Balaban J connectivity index is 2.54. The lowest BCUT2D eigenvalue weighted by Crippen LogP contribution is -2.43. The SMILES string of the molecule is CCC1(O)[CH]OCCC1Cl. The summed E-state index contributed by atoms with van der Waals surface area (Å²) in [6, 6.07) is 0. The van der Waals surface area contributed by atoms with Gasteiger partial charge in [0.05, 0.1) is 5.38 Å². The summed E-state index contributed by atoms with van der Waals surface area (Å²) in [5.74, 6) is 0. The van der Waals surface area contributed by atoms with E-state index in [1.165, 1.54) is 6.61 Å². The maximum atomic E-state index is 9.64. The predicted octanol–water partition coefficient (Wildman–Crippen LogP) is 1.32. The maximum Gasteiger partial charge on any atom is 0.117 e. The fourth-order valence-corrected chi connectivity index (χ4v) is 1.30. The molecule has 2 atom stereocenters. The van der Waals surface area contributed by atoms with Crippen molar-refractivity contribution in [2.45, 2.75) is 30.7 Å². The fourth-order valence-electron chi connectivity index (χ4n) is 1.00. The lowest BCUT2D eigenvalue weighted by Gasteiger charge is -2.34. The molecule has 1 N–H and O–H groups in total. The quantitative estimate of drug-likeness (QED) is 0.591. The van der Waals surface area contributed by atoms with Gasteiger partial charge in [-0.1, -0.05) is 6.92 Å². The second-order valence-corrected chi connectivity index (χ2v) is 3.12. The van der Waals surface area contributed by atoms with Crippen LogP contribution in [-0.2, 0) is 4.74 Å². The minimum atomic E-state index is -0.903. The van der Waals surface area contributed by atoms with Gasteiger partial charge >= 0.3 is 0 Å². The summed E-state index contributed by atoms with van der Waals surface area (Å²) in [5, 5.41) is 9.45. The Morgan fingerprint density at radius 1 is 1.90 bits per heavy atom. The largest absolute Gasteiger partial charge is 0.386 e. The number of hydrogen-bond donors (Lipinski definition) is 1. The molecular formula is C7H12ClO2. The van der Waals surface area contributed by atoms with Gasteiger partial charge in [-0.3, -0.25) is 0 Å². The summed E-state index contributed by atoms with van der Waals surface area (Å²) in [4.78, 5) is 0. The molecule has 0 aliphatic carbocycles. The van der Waals surface area contributed by atoms with E-state index in [9.17, 15) is 5.11 Å². The first-order valence-electron chi connectivity index (χ1n) is 3.51. The number of ether oxygens (including phenoxy) is 1. The highest BCUT2D eigenvalue weighted by molar-refractivity contribution is 6.21. The molecule has 0 bridgehead atoms. The zero-order valence-electron chi connectivity index (χ0n) is 6.01. The number of aliphatic hydroxyl groups is 1. The Hall–Kier alpha value is 0.210. The normalized spacial score (nSPS) is 41.7. The molecule has 0 saturated carbocycles. The third kappa shape index (κ3) is 1.44. The summed E-state index contributed by atoms with van der Waals surface area (Å²) in [6.07, 6.45) is 1.34. The van der Waals surface area contributed by atoms with Gasteiger partial charge in [0.25, 0.3) is 0 Å². The van der Waals surface area contributed by atoms with Crippen molar-refractivity contribution in [2.24, 2.45) is 0 Å². The Kier molecular flexibility index (Phi) is 2.55. The first kappa shape index (κ1) is 8.31. The monoisotopic (exact) mass is 163 g/mol. The molecule has 1 heterocycles. The summed E-state index contributed by atoms with van der Waals surface area (Å²) in [7, 11) is 0. The Labute approximate surface area is 66.1 Å². The molecule has 1 aliphatic rings. The van der Waals surface area contributed by atoms with E-state index in [0.717, 1.165) is 6.42 Å². The van der Waals surface area contributed by atoms with Crippen LogP contribution in [0, 0.1) is 6.61 Å². The smallest absolute Gasteiger partial charge is 0.117 e. The van der Waals surface area contributed by atoms with Gasteiger partial charge in [-0.15, -0.1) is 11.6 Å². The molecule has 0 spiro atoms. The number of halogens is 1. The van der Waals surface area contributed by atoms with Crippen LogP contribution in [0.2, 0.25) is 0 Å². The van der Waals surface area contributed by atoms with Gasteiger partial charge in [0.15, 0.2) is 0 Å². The van der Waals surface area contributed by atoms with Crippen molar-refractivity contribution in [3.05, 3.63) is 6.61 Å². The van der Waals surface area contributed by atoms with Crippen LogP contribution in [-0.4, -0.2) is 22.7 Å². The summed E-state index contributed by atoms with van der Waals surface area (Å²) in [5.41, 5.74) is -0.903. The summed E-state index contributed by atoms with van der Waals surface area (Å²) >= 11 is 5.86. The van der Waals surface area contributed by atoms with Crippen molar-refractivity contribution in [3.8, 4) is 0 Å². The minimum Gasteiger partial charge on any atom is -0.386 e. The van der Waals surface area contributed by atoms with Crippen LogP contribution in [0.3, 0.4) is 0 Å². The highest BCUT2D eigenvalue weighted by atomic mass is 35.5. The molecule has 3 heteroatoms. The molecule has 0 aromatic heterocycles. The second kappa shape index (κ2) is 3.07. The van der Waals surface area contributed by atoms with Gasteiger partial charge in [0.1, 0.15) is 12.2 Å². The molecule has 0 amide bonds. The van der Waals surface area contributed by atoms with Crippen molar-refractivity contribution in [3.63, 3.8) is 0 Å². The van der Waals surface area contributed by atoms with Crippen molar-refractivity contribution in [1.29, 1.82) is 0 Å². The van der Waals surface area contributed by atoms with Crippen LogP contribution in [0.5, 0.6) is 0 Å². The molecule has 0 aromatic rings. The van der Waals surface area contributed by atoms with Crippen LogP contribution in [0.15, 0.2) is 0 Å². The molecule has 1 radical (unpaired) electrons. The molecule has 1 fully saturated rings. The molecule has 1 saturated heterocycles. The van der Waals surface area contributed by atoms with E-state index in [0.29, 0.717) is 13.0 Å². The van der Waals surface area contributed by atoms with Crippen molar-refractivity contribution >= 4 is 11.6 Å². The Morgan fingerprint density at radius 3 is 3.00 bits per heavy atom. The van der Waals surface area contributed by atoms with Gasteiger partial charge in [0, 0.05) is 6.61 Å². The van der Waals surface area contributed by atoms with E-state index in [1.807, 2.05) is 6.92 Å². The van der Waals surface area contributed by atoms with E-state index in [1.54, 1.807) is 0 Å². The van der Waals surface area contributed by atoms with E-state index in [4.69, 9.17) is 16.3 Å². The number of alkyl halides is 1. The van der Waals surface area contributed by atoms with Crippen LogP contribution < -0.4 is 0 Å². The summed E-state index contributed by atoms with van der Waals surface area (Å²) < 4.78 is 4.99. The second-order valence-electron chi connectivity index (χ2n) is 2.59. The highest BCUT2D eigenvalue weighted by Crippen LogP contribution is 2.30. The van der Waals surface area contributed by atoms with E-state index in [-0.39, 0.29) is 5.38 Å². The van der Waals surface area contributed by atoms with Gasteiger partial charge < -0.3 is 9.84 Å². The average molecular weight is 164 g/mol. The van der Waals surface area contributed by atoms with Gasteiger partial charge in [0.2, 0.25) is 0 Å². The molecule has 2 unspecified atom stereocenters. The zero-order valence-corrected chi connectivity index (χ0v) is 6.77. The van der Waals surface area contributed by atoms with Gasteiger partial charge in [-0.25, -0.2) is 0 Å². The first-order chi connectivity index (χ1) is 4.69. The van der Waals surface area contributed by atoms with E-state index >= 15 is 0 Å². The highest BCUT2D eigenvalue weighted by Gasteiger charge is 2.37. The maximum absolute atomic E-state index is 9.64. The standard InChI is InChI=1S/C7H12ClO2/c1-2-7(9)5-10-4-3-6(7)8/h5-6,9H,2-4H2,1H3. The fraction of sp³-hybridized carbons (Fsp3) is 0.857. The van der Waals surface area contributed by atoms with Gasteiger partial charge in [-0.2, -0.15) is 0 Å². The lowest BCUT2D eigenvalue weighted by molar-refractivity contribution is -0.0377. The van der Waals surface area contributed by atoms with Crippen molar-refractivity contribution < 1.29 is 9.84 Å². The lowest BCUT2D eigenvalue weighted by atomic mass is 9.93. The number of rotatable bonds is 1.